The van der Waals surface area contributed by atoms with Crippen LogP contribution in [0.15, 0.2) is 42.5 Å². The number of aryl methyl sites for hydroxylation is 2. The number of sulfonamides is 1. The standard InChI is InChI=1S/C17H20FNO3S/c1-13-7-8-14(2)17(11-13)22-10-9-19-23(20,21)12-15-5-3-4-6-16(15)18/h3-8,11,19H,9-10,12H2,1-2H3. The normalized spacial score (nSPS) is 11.4. The van der Waals surface area contributed by atoms with Gasteiger partial charge in [-0.2, -0.15) is 0 Å². The number of hydrogen-bond acceptors (Lipinski definition) is 3. The molecule has 2 aromatic carbocycles. The van der Waals surface area contributed by atoms with Crippen molar-refractivity contribution < 1.29 is 17.5 Å². The predicted octanol–water partition coefficient (Wildman–Crippen LogP) is 2.94. The number of ether oxygens (including phenoxy) is 1. The average molecular weight is 337 g/mol. The summed E-state index contributed by atoms with van der Waals surface area (Å²) >= 11 is 0. The minimum atomic E-state index is -3.60. The van der Waals surface area contributed by atoms with Crippen LogP contribution < -0.4 is 9.46 Å². The Labute approximate surface area is 136 Å². The van der Waals surface area contributed by atoms with Gasteiger partial charge in [0, 0.05) is 12.1 Å². The summed E-state index contributed by atoms with van der Waals surface area (Å²) < 4.78 is 45.4. The van der Waals surface area contributed by atoms with Crippen LogP contribution in [0.1, 0.15) is 16.7 Å². The molecule has 0 bridgehead atoms. The molecule has 0 heterocycles. The number of halogens is 1. The molecule has 0 atom stereocenters. The Morgan fingerprint density at radius 3 is 2.61 bits per heavy atom. The zero-order valence-electron chi connectivity index (χ0n) is 13.2. The number of nitrogens with one attached hydrogen (secondary N) is 1. The van der Waals surface area contributed by atoms with Crippen molar-refractivity contribution in [2.24, 2.45) is 0 Å². The molecule has 0 aliphatic heterocycles. The van der Waals surface area contributed by atoms with Gasteiger partial charge in [0.05, 0.1) is 5.75 Å². The maximum atomic E-state index is 13.5. The molecule has 1 N–H and O–H groups in total. The monoisotopic (exact) mass is 337 g/mol. The third kappa shape index (κ3) is 5.33. The molecule has 0 saturated carbocycles. The SMILES string of the molecule is Cc1ccc(C)c(OCCNS(=O)(=O)Cc2ccccc2F)c1. The molecular weight excluding hydrogens is 317 g/mol. The van der Waals surface area contributed by atoms with Crippen molar-refractivity contribution in [2.45, 2.75) is 19.6 Å². The molecule has 0 radical (unpaired) electrons. The van der Waals surface area contributed by atoms with Gasteiger partial charge in [-0.25, -0.2) is 17.5 Å². The molecular formula is C17H20FNO3S. The maximum absolute atomic E-state index is 13.5. The summed E-state index contributed by atoms with van der Waals surface area (Å²) in [6.07, 6.45) is 0. The van der Waals surface area contributed by atoms with E-state index in [0.717, 1.165) is 16.9 Å². The van der Waals surface area contributed by atoms with Crippen LogP contribution in [0.25, 0.3) is 0 Å². The number of hydrogen-bond donors (Lipinski definition) is 1. The van der Waals surface area contributed by atoms with E-state index in [9.17, 15) is 12.8 Å². The molecule has 6 heteroatoms. The van der Waals surface area contributed by atoms with Gasteiger partial charge < -0.3 is 4.74 Å². The number of rotatable bonds is 7. The van der Waals surface area contributed by atoms with E-state index >= 15 is 0 Å². The van der Waals surface area contributed by atoms with Gasteiger partial charge in [0.2, 0.25) is 10.0 Å². The summed E-state index contributed by atoms with van der Waals surface area (Å²) in [7, 11) is -3.60. The van der Waals surface area contributed by atoms with Crippen molar-refractivity contribution in [1.82, 2.24) is 4.72 Å². The van der Waals surface area contributed by atoms with Gasteiger partial charge in [-0.1, -0.05) is 30.3 Å². The highest BCUT2D eigenvalue weighted by Gasteiger charge is 2.13. The van der Waals surface area contributed by atoms with Gasteiger partial charge in [-0.15, -0.1) is 0 Å². The summed E-state index contributed by atoms with van der Waals surface area (Å²) in [6.45, 7) is 4.23. The quantitative estimate of drug-likeness (QED) is 0.790. The first-order valence-corrected chi connectivity index (χ1v) is 8.93. The number of benzene rings is 2. The van der Waals surface area contributed by atoms with Crippen molar-refractivity contribution in [3.05, 3.63) is 65.0 Å². The van der Waals surface area contributed by atoms with E-state index in [2.05, 4.69) is 4.72 Å². The fraction of sp³-hybridized carbons (Fsp3) is 0.294. The Morgan fingerprint density at radius 1 is 1.13 bits per heavy atom. The van der Waals surface area contributed by atoms with E-state index in [0.29, 0.717) is 0 Å². The summed E-state index contributed by atoms with van der Waals surface area (Å²) in [4.78, 5) is 0. The average Bonchev–Trinajstić information content (AvgIpc) is 2.49. The molecule has 0 spiro atoms. The fourth-order valence-electron chi connectivity index (χ4n) is 2.09. The van der Waals surface area contributed by atoms with Gasteiger partial charge in [0.15, 0.2) is 0 Å². The third-order valence-corrected chi connectivity index (χ3v) is 4.66. The van der Waals surface area contributed by atoms with E-state index in [1.54, 1.807) is 6.07 Å². The second-order valence-corrected chi connectivity index (χ2v) is 7.17. The van der Waals surface area contributed by atoms with E-state index in [1.807, 2.05) is 32.0 Å². The summed E-state index contributed by atoms with van der Waals surface area (Å²) in [6, 6.07) is 11.7. The van der Waals surface area contributed by atoms with E-state index in [1.165, 1.54) is 18.2 Å². The lowest BCUT2D eigenvalue weighted by Crippen LogP contribution is -2.29. The fourth-order valence-corrected chi connectivity index (χ4v) is 3.23. The van der Waals surface area contributed by atoms with Gasteiger partial charge >= 0.3 is 0 Å². The van der Waals surface area contributed by atoms with Gasteiger partial charge in [-0.05, 0) is 37.1 Å². The second-order valence-electron chi connectivity index (χ2n) is 5.36. The van der Waals surface area contributed by atoms with Crippen LogP contribution in [-0.4, -0.2) is 21.6 Å². The second kappa shape index (κ2) is 7.57. The zero-order chi connectivity index (χ0) is 16.9. The van der Waals surface area contributed by atoms with E-state index < -0.39 is 15.8 Å². The van der Waals surface area contributed by atoms with Crippen LogP contribution in [0.5, 0.6) is 5.75 Å². The molecule has 0 amide bonds. The molecule has 4 nitrogen and oxygen atoms in total. The van der Waals surface area contributed by atoms with E-state index in [-0.39, 0.29) is 24.5 Å². The Balaban J connectivity index is 1.85. The molecule has 0 fully saturated rings. The van der Waals surface area contributed by atoms with E-state index in [4.69, 9.17) is 4.74 Å². The van der Waals surface area contributed by atoms with Crippen molar-refractivity contribution in [2.75, 3.05) is 13.2 Å². The largest absolute Gasteiger partial charge is 0.492 e. The smallest absolute Gasteiger partial charge is 0.216 e. The summed E-state index contributed by atoms with van der Waals surface area (Å²) in [5, 5.41) is 0. The molecule has 0 aliphatic carbocycles. The van der Waals surface area contributed by atoms with Crippen LogP contribution >= 0.6 is 0 Å². The molecule has 0 saturated heterocycles. The molecule has 0 aliphatic rings. The lowest BCUT2D eigenvalue weighted by molar-refractivity contribution is 0.320. The molecule has 124 valence electrons. The molecule has 2 aromatic rings. The first-order valence-electron chi connectivity index (χ1n) is 7.28. The molecule has 0 unspecified atom stereocenters. The van der Waals surface area contributed by atoms with Gasteiger partial charge in [0.25, 0.3) is 0 Å². The van der Waals surface area contributed by atoms with Crippen molar-refractivity contribution >= 4 is 10.0 Å². The molecule has 0 aromatic heterocycles. The first-order chi connectivity index (χ1) is 10.9. The molecule has 23 heavy (non-hydrogen) atoms. The van der Waals surface area contributed by atoms with Crippen LogP contribution in [-0.2, 0) is 15.8 Å². The van der Waals surface area contributed by atoms with Crippen LogP contribution in [0.4, 0.5) is 4.39 Å². The minimum absolute atomic E-state index is 0.129. The van der Waals surface area contributed by atoms with Crippen molar-refractivity contribution in [1.29, 1.82) is 0 Å². The third-order valence-electron chi connectivity index (χ3n) is 3.33. The first kappa shape index (κ1) is 17.4. The minimum Gasteiger partial charge on any atom is -0.492 e. The van der Waals surface area contributed by atoms with Crippen molar-refractivity contribution in [3.63, 3.8) is 0 Å². The van der Waals surface area contributed by atoms with Crippen LogP contribution in [0.3, 0.4) is 0 Å². The lowest BCUT2D eigenvalue weighted by Gasteiger charge is -2.11. The maximum Gasteiger partial charge on any atom is 0.216 e. The Morgan fingerprint density at radius 2 is 1.87 bits per heavy atom. The topological polar surface area (TPSA) is 55.4 Å². The van der Waals surface area contributed by atoms with Gasteiger partial charge in [0.1, 0.15) is 18.2 Å². The highest BCUT2D eigenvalue weighted by atomic mass is 32.2. The summed E-state index contributed by atoms with van der Waals surface area (Å²) in [5.41, 5.74) is 2.21. The highest BCUT2D eigenvalue weighted by Crippen LogP contribution is 2.18. The van der Waals surface area contributed by atoms with Crippen LogP contribution in [0, 0.1) is 19.7 Å². The highest BCUT2D eigenvalue weighted by molar-refractivity contribution is 7.88. The molecule has 2 rings (SSSR count). The predicted molar refractivity (Wildman–Crippen MR) is 88.4 cm³/mol. The van der Waals surface area contributed by atoms with Crippen molar-refractivity contribution in [3.8, 4) is 5.75 Å². The lowest BCUT2D eigenvalue weighted by atomic mass is 10.1. The Bertz CT molecular complexity index is 775. The Kier molecular flexibility index (Phi) is 5.74. The van der Waals surface area contributed by atoms with Gasteiger partial charge in [-0.3, -0.25) is 0 Å². The summed E-state index contributed by atoms with van der Waals surface area (Å²) in [5.74, 6) is -0.175. The zero-order valence-corrected chi connectivity index (χ0v) is 14.0. The van der Waals surface area contributed by atoms with Crippen LogP contribution in [0.2, 0.25) is 0 Å². The Hall–Kier alpha value is -1.92.